The van der Waals surface area contributed by atoms with Crippen LogP contribution in [0, 0.1) is 11.6 Å². The fraction of sp³-hybridized carbons (Fsp3) is 0.300. The number of nitrogens with zero attached hydrogens (tertiary/aromatic N) is 2. The standard InChI is InChI=1S/C20H23F2N3O/c1-23-19(24-20(26)17-9-8-16(21)14-18(17)22)7-5-3-4-6-15-10-12-25(2)13-11-15/h3,5-9,14H,1,4,10-13H2,2H3,(H,24,26)/b5-3-,19-7+. The monoisotopic (exact) mass is 359 g/mol. The Morgan fingerprint density at radius 2 is 2.08 bits per heavy atom. The number of aliphatic imine (C=N–C) groups is 1. The molecule has 1 aromatic rings. The summed E-state index contributed by atoms with van der Waals surface area (Å²) in [5, 5.41) is 2.45. The molecule has 1 heterocycles. The predicted molar refractivity (Wildman–Crippen MR) is 100 cm³/mol. The van der Waals surface area contributed by atoms with Crippen LogP contribution in [0.4, 0.5) is 8.78 Å². The summed E-state index contributed by atoms with van der Waals surface area (Å²) in [5.41, 5.74) is 1.20. The molecule has 1 N–H and O–H groups in total. The molecule has 1 fully saturated rings. The van der Waals surface area contributed by atoms with Crippen LogP contribution in [0.3, 0.4) is 0 Å². The second-order valence-corrected chi connectivity index (χ2v) is 6.12. The minimum Gasteiger partial charge on any atom is -0.306 e. The van der Waals surface area contributed by atoms with Crippen LogP contribution in [-0.4, -0.2) is 37.7 Å². The van der Waals surface area contributed by atoms with Crippen LogP contribution < -0.4 is 5.32 Å². The molecule has 0 aliphatic carbocycles. The van der Waals surface area contributed by atoms with E-state index >= 15 is 0 Å². The van der Waals surface area contributed by atoms with Crippen LogP contribution in [0.15, 0.2) is 58.9 Å². The largest absolute Gasteiger partial charge is 0.306 e. The lowest BCUT2D eigenvalue weighted by molar-refractivity contribution is 0.0961. The highest BCUT2D eigenvalue weighted by atomic mass is 19.1. The van der Waals surface area contributed by atoms with Crippen molar-refractivity contribution in [2.75, 3.05) is 20.1 Å². The van der Waals surface area contributed by atoms with Crippen LogP contribution in [0.5, 0.6) is 0 Å². The quantitative estimate of drug-likeness (QED) is 0.477. The molecule has 1 aliphatic rings. The van der Waals surface area contributed by atoms with Crippen molar-refractivity contribution in [3.63, 3.8) is 0 Å². The summed E-state index contributed by atoms with van der Waals surface area (Å²) < 4.78 is 26.5. The van der Waals surface area contributed by atoms with Crippen molar-refractivity contribution in [3.05, 3.63) is 71.1 Å². The third-order valence-electron chi connectivity index (χ3n) is 4.15. The molecule has 0 spiro atoms. The Kier molecular flexibility index (Phi) is 7.41. The van der Waals surface area contributed by atoms with Gasteiger partial charge in [-0.3, -0.25) is 4.79 Å². The van der Waals surface area contributed by atoms with E-state index in [1.807, 2.05) is 6.08 Å². The maximum absolute atomic E-state index is 13.6. The first kappa shape index (κ1) is 19.7. The molecule has 2 rings (SSSR count). The maximum atomic E-state index is 13.6. The molecule has 1 aromatic carbocycles. The Balaban J connectivity index is 1.90. The highest BCUT2D eigenvalue weighted by molar-refractivity contribution is 5.95. The lowest BCUT2D eigenvalue weighted by Crippen LogP contribution is -2.26. The van der Waals surface area contributed by atoms with E-state index in [4.69, 9.17) is 0 Å². The summed E-state index contributed by atoms with van der Waals surface area (Å²) in [6.45, 7) is 5.56. The van der Waals surface area contributed by atoms with E-state index in [0.29, 0.717) is 6.07 Å². The molecule has 1 amide bonds. The summed E-state index contributed by atoms with van der Waals surface area (Å²) in [6.07, 6.45) is 10.5. The van der Waals surface area contributed by atoms with Gasteiger partial charge >= 0.3 is 0 Å². The zero-order chi connectivity index (χ0) is 18.9. The van der Waals surface area contributed by atoms with E-state index in [0.717, 1.165) is 44.5 Å². The SMILES string of the molecule is C=N/C(=C\C=C/CC=C1CCN(C)CC1)NC(=O)c1ccc(F)cc1F. The van der Waals surface area contributed by atoms with Gasteiger partial charge in [-0.25, -0.2) is 13.8 Å². The van der Waals surface area contributed by atoms with Crippen LogP contribution >= 0.6 is 0 Å². The highest BCUT2D eigenvalue weighted by Crippen LogP contribution is 2.15. The van der Waals surface area contributed by atoms with E-state index in [2.05, 4.69) is 35.1 Å². The number of allylic oxidation sites excluding steroid dienone is 4. The van der Waals surface area contributed by atoms with Gasteiger partial charge in [-0.05, 0) is 51.2 Å². The third-order valence-corrected chi connectivity index (χ3v) is 4.15. The number of halogens is 2. The van der Waals surface area contributed by atoms with Crippen LogP contribution in [0.1, 0.15) is 29.6 Å². The third kappa shape index (κ3) is 6.04. The lowest BCUT2D eigenvalue weighted by atomic mass is 10.0. The zero-order valence-corrected chi connectivity index (χ0v) is 14.8. The molecular formula is C20H23F2N3O. The molecule has 4 nitrogen and oxygen atoms in total. The number of likely N-dealkylation sites (tertiary alicyclic amines) is 1. The topological polar surface area (TPSA) is 44.7 Å². The van der Waals surface area contributed by atoms with Gasteiger partial charge < -0.3 is 10.2 Å². The maximum Gasteiger partial charge on any atom is 0.259 e. The predicted octanol–water partition coefficient (Wildman–Crippen LogP) is 3.83. The van der Waals surface area contributed by atoms with Gasteiger partial charge in [0.2, 0.25) is 0 Å². The normalized spacial score (nSPS) is 16.0. The van der Waals surface area contributed by atoms with E-state index in [1.165, 1.54) is 5.57 Å². The van der Waals surface area contributed by atoms with Crippen molar-refractivity contribution >= 4 is 12.6 Å². The Morgan fingerprint density at radius 1 is 1.35 bits per heavy atom. The second-order valence-electron chi connectivity index (χ2n) is 6.12. The van der Waals surface area contributed by atoms with Crippen molar-refractivity contribution in [1.29, 1.82) is 0 Å². The van der Waals surface area contributed by atoms with Gasteiger partial charge in [0, 0.05) is 19.2 Å². The number of nitrogens with one attached hydrogen (secondary N) is 1. The summed E-state index contributed by atoms with van der Waals surface area (Å²) in [6, 6.07) is 2.78. The fourth-order valence-corrected chi connectivity index (χ4v) is 2.57. The lowest BCUT2D eigenvalue weighted by Gasteiger charge is -2.23. The fourth-order valence-electron chi connectivity index (χ4n) is 2.57. The Morgan fingerprint density at radius 3 is 2.73 bits per heavy atom. The molecule has 26 heavy (non-hydrogen) atoms. The second kappa shape index (κ2) is 9.77. The molecule has 0 atom stereocenters. The van der Waals surface area contributed by atoms with Crippen LogP contribution in [-0.2, 0) is 0 Å². The van der Waals surface area contributed by atoms with E-state index in [9.17, 15) is 13.6 Å². The Labute approximate surface area is 152 Å². The molecule has 1 saturated heterocycles. The van der Waals surface area contributed by atoms with Crippen LogP contribution in [0.25, 0.3) is 0 Å². The zero-order valence-electron chi connectivity index (χ0n) is 14.8. The average Bonchev–Trinajstić information content (AvgIpc) is 2.61. The summed E-state index contributed by atoms with van der Waals surface area (Å²) in [4.78, 5) is 18.0. The molecule has 6 heteroatoms. The molecular weight excluding hydrogens is 336 g/mol. The molecule has 138 valence electrons. The van der Waals surface area contributed by atoms with Crippen molar-refractivity contribution in [2.24, 2.45) is 4.99 Å². The van der Waals surface area contributed by atoms with Gasteiger partial charge in [-0.15, -0.1) is 0 Å². The number of amides is 1. The molecule has 0 unspecified atom stereocenters. The highest BCUT2D eigenvalue weighted by Gasteiger charge is 2.13. The van der Waals surface area contributed by atoms with Crippen molar-refractivity contribution in [3.8, 4) is 0 Å². The first-order valence-corrected chi connectivity index (χ1v) is 8.46. The number of piperidine rings is 1. The Hall–Kier alpha value is -2.60. The molecule has 0 bridgehead atoms. The molecule has 0 radical (unpaired) electrons. The number of rotatable bonds is 6. The van der Waals surface area contributed by atoms with Crippen molar-refractivity contribution < 1.29 is 13.6 Å². The number of benzene rings is 1. The first-order chi connectivity index (χ1) is 12.5. The summed E-state index contributed by atoms with van der Waals surface area (Å²) in [7, 11) is 2.12. The number of carbonyl (C=O) groups excluding carboxylic acids is 1. The molecule has 0 aromatic heterocycles. The van der Waals surface area contributed by atoms with Crippen molar-refractivity contribution in [2.45, 2.75) is 19.3 Å². The smallest absolute Gasteiger partial charge is 0.259 e. The van der Waals surface area contributed by atoms with Crippen molar-refractivity contribution in [1.82, 2.24) is 10.2 Å². The Bertz CT molecular complexity index is 743. The van der Waals surface area contributed by atoms with Gasteiger partial charge in [0.1, 0.15) is 17.5 Å². The summed E-state index contributed by atoms with van der Waals surface area (Å²) in [5.74, 6) is -2.17. The van der Waals surface area contributed by atoms with Gasteiger partial charge in [-0.1, -0.05) is 23.8 Å². The minimum atomic E-state index is -0.925. The molecule has 0 saturated carbocycles. The van der Waals surface area contributed by atoms with Gasteiger partial charge in [0.15, 0.2) is 0 Å². The average molecular weight is 359 g/mol. The van der Waals surface area contributed by atoms with E-state index in [-0.39, 0.29) is 11.4 Å². The van der Waals surface area contributed by atoms with Gasteiger partial charge in [-0.2, -0.15) is 0 Å². The number of hydrogen-bond acceptors (Lipinski definition) is 3. The van der Waals surface area contributed by atoms with Crippen LogP contribution in [0.2, 0.25) is 0 Å². The van der Waals surface area contributed by atoms with Gasteiger partial charge in [0.25, 0.3) is 5.91 Å². The van der Waals surface area contributed by atoms with E-state index in [1.54, 1.807) is 12.2 Å². The number of hydrogen-bond donors (Lipinski definition) is 1. The first-order valence-electron chi connectivity index (χ1n) is 8.46. The minimum absolute atomic E-state index is 0.196. The number of carbonyl (C=O) groups is 1. The summed E-state index contributed by atoms with van der Waals surface area (Å²) >= 11 is 0. The van der Waals surface area contributed by atoms with E-state index < -0.39 is 17.5 Å². The molecule has 1 aliphatic heterocycles. The van der Waals surface area contributed by atoms with Gasteiger partial charge in [0.05, 0.1) is 5.56 Å².